The number of ketones is 1. The van der Waals surface area contributed by atoms with Crippen LogP contribution < -0.4 is 14.8 Å². The summed E-state index contributed by atoms with van der Waals surface area (Å²) in [5.74, 6) is 1.10. The van der Waals surface area contributed by atoms with Gasteiger partial charge in [0.1, 0.15) is 27.8 Å². The summed E-state index contributed by atoms with van der Waals surface area (Å²) in [5.41, 5.74) is 2.07. The predicted molar refractivity (Wildman–Crippen MR) is 152 cm³/mol. The van der Waals surface area contributed by atoms with Gasteiger partial charge in [0, 0.05) is 22.2 Å². The zero-order valence-corrected chi connectivity index (χ0v) is 23.8. The number of aryl methyl sites for hydroxylation is 2. The van der Waals surface area contributed by atoms with Crippen LogP contribution in [-0.2, 0) is 11.2 Å². The second-order valence-corrected chi connectivity index (χ2v) is 11.3. The fourth-order valence-electron chi connectivity index (χ4n) is 4.28. The van der Waals surface area contributed by atoms with Crippen molar-refractivity contribution in [3.63, 3.8) is 0 Å². The van der Waals surface area contributed by atoms with E-state index < -0.39 is 11.7 Å². The van der Waals surface area contributed by atoms with Crippen LogP contribution in [0, 0.1) is 19.7 Å². The third-order valence-corrected chi connectivity index (χ3v) is 7.14. The fraction of sp³-hybridized carbons (Fsp3) is 0.290. The highest BCUT2D eigenvalue weighted by Crippen LogP contribution is 2.43. The zero-order chi connectivity index (χ0) is 28.3. The Morgan fingerprint density at radius 2 is 1.59 bits per heavy atom. The minimum Gasteiger partial charge on any atom is -0.497 e. The van der Waals surface area contributed by atoms with E-state index in [1.165, 1.54) is 23.5 Å². The Morgan fingerprint density at radius 3 is 2.21 bits per heavy atom. The number of benzene rings is 3. The molecule has 0 aliphatic heterocycles. The Morgan fingerprint density at radius 1 is 0.949 bits per heavy atom. The molecule has 0 aliphatic rings. The van der Waals surface area contributed by atoms with E-state index >= 15 is 0 Å². The Labute approximate surface area is 231 Å². The third-order valence-electron chi connectivity index (χ3n) is 6.01. The average molecular weight is 550 g/mol. The van der Waals surface area contributed by atoms with Crippen LogP contribution in [0.15, 0.2) is 54.6 Å². The van der Waals surface area contributed by atoms with Crippen LogP contribution in [0.2, 0.25) is 0 Å². The number of hydrogen-bond acceptors (Lipinski definition) is 6. The molecular formula is C31H32FNO5S. The second-order valence-electron chi connectivity index (χ2n) is 10.3. The highest BCUT2D eigenvalue weighted by atomic mass is 32.1. The largest absolute Gasteiger partial charge is 0.497 e. The summed E-state index contributed by atoms with van der Waals surface area (Å²) in [4.78, 5) is 26.1. The van der Waals surface area contributed by atoms with Crippen LogP contribution in [0.3, 0.4) is 0 Å². The van der Waals surface area contributed by atoms with Crippen molar-refractivity contribution < 1.29 is 28.2 Å². The number of methoxy groups -OCH3 is 1. The quantitative estimate of drug-likeness (QED) is 0.227. The molecule has 1 N–H and O–H groups in total. The molecule has 0 saturated heterocycles. The number of amides is 1. The van der Waals surface area contributed by atoms with Gasteiger partial charge in [0.15, 0.2) is 5.75 Å². The van der Waals surface area contributed by atoms with Crippen molar-refractivity contribution >= 4 is 33.3 Å². The van der Waals surface area contributed by atoms with E-state index in [0.717, 1.165) is 15.6 Å². The maximum Gasteiger partial charge on any atom is 0.407 e. The fourth-order valence-corrected chi connectivity index (χ4v) is 5.38. The summed E-state index contributed by atoms with van der Waals surface area (Å²) in [5, 5.41) is 3.54. The van der Waals surface area contributed by atoms with Gasteiger partial charge in [-0.1, -0.05) is 12.1 Å². The summed E-state index contributed by atoms with van der Waals surface area (Å²) in [6.45, 7) is 9.35. The van der Waals surface area contributed by atoms with Crippen LogP contribution in [0.5, 0.6) is 17.2 Å². The Bertz CT molecular complexity index is 1500. The SMILES string of the molecule is COc1ccc2c(Oc3ccc(CCNC(=O)OC(C)(C)C)cc3)c(C(=O)c3c(C)cc(F)cc3C)sc2c1. The van der Waals surface area contributed by atoms with E-state index in [0.29, 0.717) is 51.8 Å². The van der Waals surface area contributed by atoms with Gasteiger partial charge in [-0.3, -0.25) is 4.79 Å². The number of fused-ring (bicyclic) bond motifs is 1. The van der Waals surface area contributed by atoms with Crippen LogP contribution >= 0.6 is 11.3 Å². The second kappa shape index (κ2) is 11.5. The number of ether oxygens (including phenoxy) is 3. The number of nitrogens with one attached hydrogen (secondary N) is 1. The summed E-state index contributed by atoms with van der Waals surface area (Å²) in [6, 6.07) is 15.8. The highest BCUT2D eigenvalue weighted by Gasteiger charge is 2.25. The number of thiophene rings is 1. The molecule has 0 unspecified atom stereocenters. The molecule has 0 radical (unpaired) electrons. The van der Waals surface area contributed by atoms with Crippen molar-refractivity contribution in [1.82, 2.24) is 5.32 Å². The van der Waals surface area contributed by atoms with Gasteiger partial charge in [-0.25, -0.2) is 9.18 Å². The molecule has 1 heterocycles. The van der Waals surface area contributed by atoms with Gasteiger partial charge in [0.25, 0.3) is 0 Å². The summed E-state index contributed by atoms with van der Waals surface area (Å²) < 4.78 is 31.7. The third kappa shape index (κ3) is 6.75. The van der Waals surface area contributed by atoms with Gasteiger partial charge in [0.05, 0.1) is 7.11 Å². The van der Waals surface area contributed by atoms with Gasteiger partial charge >= 0.3 is 6.09 Å². The molecule has 6 nitrogen and oxygen atoms in total. The normalized spacial score (nSPS) is 11.4. The molecule has 4 rings (SSSR count). The van der Waals surface area contributed by atoms with Gasteiger partial charge in [-0.05, 0) is 100 Å². The first-order valence-electron chi connectivity index (χ1n) is 12.6. The molecule has 39 heavy (non-hydrogen) atoms. The van der Waals surface area contributed by atoms with Crippen molar-refractivity contribution in [2.75, 3.05) is 13.7 Å². The maximum atomic E-state index is 13.9. The molecule has 0 bridgehead atoms. The molecule has 1 aromatic heterocycles. The Balaban J connectivity index is 1.59. The van der Waals surface area contributed by atoms with Gasteiger partial charge in [-0.2, -0.15) is 0 Å². The lowest BCUT2D eigenvalue weighted by atomic mass is 9.97. The van der Waals surface area contributed by atoms with Crippen molar-refractivity contribution in [3.8, 4) is 17.2 Å². The molecule has 0 aliphatic carbocycles. The summed E-state index contributed by atoms with van der Waals surface area (Å²) >= 11 is 1.32. The van der Waals surface area contributed by atoms with E-state index in [-0.39, 0.29) is 11.6 Å². The number of rotatable bonds is 8. The summed E-state index contributed by atoms with van der Waals surface area (Å²) in [6.07, 6.45) is 0.167. The van der Waals surface area contributed by atoms with Crippen LogP contribution in [0.25, 0.3) is 10.1 Å². The van der Waals surface area contributed by atoms with Crippen molar-refractivity contribution in [1.29, 1.82) is 0 Å². The van der Waals surface area contributed by atoms with E-state index in [4.69, 9.17) is 14.2 Å². The first-order valence-corrected chi connectivity index (χ1v) is 13.4. The number of alkyl carbamates (subject to hydrolysis) is 1. The topological polar surface area (TPSA) is 73.9 Å². The lowest BCUT2D eigenvalue weighted by molar-refractivity contribution is 0.0528. The molecule has 3 aromatic carbocycles. The van der Waals surface area contributed by atoms with E-state index in [1.54, 1.807) is 21.0 Å². The Kier molecular flexibility index (Phi) is 8.25. The van der Waals surface area contributed by atoms with E-state index in [1.807, 2.05) is 63.2 Å². The molecule has 8 heteroatoms. The molecule has 0 spiro atoms. The van der Waals surface area contributed by atoms with Gasteiger partial charge in [0.2, 0.25) is 5.78 Å². The average Bonchev–Trinajstić information content (AvgIpc) is 3.20. The maximum absolute atomic E-state index is 13.9. The molecular weight excluding hydrogens is 517 g/mol. The highest BCUT2D eigenvalue weighted by molar-refractivity contribution is 7.21. The predicted octanol–water partition coefficient (Wildman–Crippen LogP) is 7.76. The number of carbonyl (C=O) groups is 2. The summed E-state index contributed by atoms with van der Waals surface area (Å²) in [7, 11) is 1.59. The van der Waals surface area contributed by atoms with E-state index in [9.17, 15) is 14.0 Å². The first kappa shape index (κ1) is 28.1. The van der Waals surface area contributed by atoms with Gasteiger partial charge < -0.3 is 19.5 Å². The molecule has 4 aromatic rings. The lowest BCUT2D eigenvalue weighted by Crippen LogP contribution is -2.33. The lowest BCUT2D eigenvalue weighted by Gasteiger charge is -2.19. The first-order chi connectivity index (χ1) is 18.4. The standard InChI is InChI=1S/C31H32FNO5S/c1-18-15-21(32)16-19(2)26(18)27(34)29-28(24-12-11-23(36-6)17-25(24)39-29)37-22-9-7-20(8-10-22)13-14-33-30(35)38-31(3,4)5/h7-12,15-17H,13-14H2,1-6H3,(H,33,35). The minimum absolute atomic E-state index is 0.218. The minimum atomic E-state index is -0.547. The molecule has 204 valence electrons. The van der Waals surface area contributed by atoms with Gasteiger partial charge in [-0.15, -0.1) is 11.3 Å². The monoisotopic (exact) mass is 549 g/mol. The number of carbonyl (C=O) groups excluding carboxylic acids is 2. The van der Waals surface area contributed by atoms with Crippen molar-refractivity contribution in [2.24, 2.45) is 0 Å². The van der Waals surface area contributed by atoms with Crippen LogP contribution in [0.1, 0.15) is 52.7 Å². The molecule has 1 amide bonds. The smallest absolute Gasteiger partial charge is 0.407 e. The molecule has 0 saturated carbocycles. The number of halogens is 1. The zero-order valence-electron chi connectivity index (χ0n) is 22.9. The Hall–Kier alpha value is -3.91. The van der Waals surface area contributed by atoms with Crippen LogP contribution in [-0.4, -0.2) is 31.1 Å². The van der Waals surface area contributed by atoms with E-state index in [2.05, 4.69) is 5.32 Å². The molecule has 0 fully saturated rings. The number of hydrogen-bond donors (Lipinski definition) is 1. The van der Waals surface area contributed by atoms with Crippen molar-refractivity contribution in [2.45, 2.75) is 46.6 Å². The van der Waals surface area contributed by atoms with Crippen molar-refractivity contribution in [3.05, 3.63) is 87.5 Å². The molecule has 0 atom stereocenters. The van der Waals surface area contributed by atoms with Crippen LogP contribution in [0.4, 0.5) is 9.18 Å².